The zero-order valence-electron chi connectivity index (χ0n) is 14.6. The van der Waals surface area contributed by atoms with E-state index in [1.807, 2.05) is 38.1 Å². The van der Waals surface area contributed by atoms with Gasteiger partial charge in [0.25, 0.3) is 0 Å². The number of benzene rings is 1. The van der Waals surface area contributed by atoms with Crippen molar-refractivity contribution >= 4 is 11.8 Å². The summed E-state index contributed by atoms with van der Waals surface area (Å²) in [6.07, 6.45) is 2.53. The van der Waals surface area contributed by atoms with Gasteiger partial charge in [-0.1, -0.05) is 17.7 Å². The molecule has 2 heterocycles. The van der Waals surface area contributed by atoms with Crippen molar-refractivity contribution in [2.45, 2.75) is 26.7 Å². The summed E-state index contributed by atoms with van der Waals surface area (Å²) in [5, 5.41) is 2.90. The van der Waals surface area contributed by atoms with Gasteiger partial charge in [0, 0.05) is 38.0 Å². The van der Waals surface area contributed by atoms with Gasteiger partial charge in [0.2, 0.25) is 17.7 Å². The normalized spacial score (nSPS) is 17.1. The lowest BCUT2D eigenvalue weighted by molar-refractivity contribution is -0.128. The Bertz CT molecular complexity index is 752. The molecule has 25 heavy (non-hydrogen) atoms. The molecule has 132 valence electrons. The van der Waals surface area contributed by atoms with Crippen LogP contribution in [0, 0.1) is 12.8 Å². The molecule has 2 amide bonds. The first-order valence-corrected chi connectivity index (χ1v) is 8.63. The number of carbonyl (C=O) groups excluding carboxylic acids is 2. The fourth-order valence-electron chi connectivity index (χ4n) is 2.96. The number of oxazole rings is 1. The molecule has 0 unspecified atom stereocenters. The number of nitrogens with zero attached hydrogens (tertiary/aromatic N) is 2. The highest BCUT2D eigenvalue weighted by atomic mass is 16.3. The van der Waals surface area contributed by atoms with Crippen LogP contribution in [0.5, 0.6) is 0 Å². The molecule has 6 nitrogen and oxygen atoms in total. The fourth-order valence-corrected chi connectivity index (χ4v) is 2.96. The molecule has 0 aliphatic carbocycles. The van der Waals surface area contributed by atoms with Gasteiger partial charge in [-0.25, -0.2) is 4.98 Å². The summed E-state index contributed by atoms with van der Waals surface area (Å²) < 4.78 is 5.52. The van der Waals surface area contributed by atoms with Crippen LogP contribution in [0.15, 0.2) is 34.9 Å². The van der Waals surface area contributed by atoms with Crippen molar-refractivity contribution < 1.29 is 14.0 Å². The highest BCUT2D eigenvalue weighted by Gasteiger charge is 2.33. The Hall–Kier alpha value is -2.63. The van der Waals surface area contributed by atoms with Gasteiger partial charge in [0.05, 0.1) is 11.6 Å². The lowest BCUT2D eigenvalue weighted by atomic mass is 10.1. The maximum absolute atomic E-state index is 12.2. The third kappa shape index (κ3) is 4.07. The van der Waals surface area contributed by atoms with Crippen molar-refractivity contribution in [1.29, 1.82) is 0 Å². The molecule has 0 bridgehead atoms. The monoisotopic (exact) mass is 341 g/mol. The van der Waals surface area contributed by atoms with Gasteiger partial charge in [0.15, 0.2) is 0 Å². The number of aromatic nitrogens is 1. The standard InChI is InChI=1S/C19H23N3O3/c1-3-22-11-15(10-17(22)23)18(24)20-9-8-16-12-25-19(21-16)14-6-4-13(2)5-7-14/h4-7,12,15H,3,8-11H2,1-2H3,(H,20,24)/t15-/m1/s1. The molecule has 2 aromatic rings. The van der Waals surface area contributed by atoms with Crippen LogP contribution in [0.1, 0.15) is 24.6 Å². The Morgan fingerprint density at radius 1 is 1.36 bits per heavy atom. The lowest BCUT2D eigenvalue weighted by Gasteiger charge is -2.13. The minimum absolute atomic E-state index is 0.0573. The average molecular weight is 341 g/mol. The number of likely N-dealkylation sites (tertiary alicyclic amines) is 1. The third-order valence-corrected chi connectivity index (χ3v) is 4.50. The zero-order chi connectivity index (χ0) is 17.8. The van der Waals surface area contributed by atoms with Crippen molar-refractivity contribution in [2.24, 2.45) is 5.92 Å². The summed E-state index contributed by atoms with van der Waals surface area (Å²) in [6.45, 7) is 5.61. The summed E-state index contributed by atoms with van der Waals surface area (Å²) >= 11 is 0. The maximum Gasteiger partial charge on any atom is 0.226 e. The van der Waals surface area contributed by atoms with E-state index in [1.54, 1.807) is 11.2 Å². The topological polar surface area (TPSA) is 75.4 Å². The average Bonchev–Trinajstić information content (AvgIpc) is 3.22. The van der Waals surface area contributed by atoms with Gasteiger partial charge in [-0.15, -0.1) is 0 Å². The van der Waals surface area contributed by atoms with Crippen LogP contribution in [0.4, 0.5) is 0 Å². The highest BCUT2D eigenvalue weighted by Crippen LogP contribution is 2.19. The van der Waals surface area contributed by atoms with Crippen LogP contribution >= 0.6 is 0 Å². The van der Waals surface area contributed by atoms with Crippen LogP contribution in [0.2, 0.25) is 0 Å². The van der Waals surface area contributed by atoms with Gasteiger partial charge in [-0.3, -0.25) is 9.59 Å². The summed E-state index contributed by atoms with van der Waals surface area (Å²) in [5.74, 6) is 0.336. The molecule has 0 radical (unpaired) electrons. The largest absolute Gasteiger partial charge is 0.444 e. The van der Waals surface area contributed by atoms with Crippen molar-refractivity contribution in [1.82, 2.24) is 15.2 Å². The second-order valence-corrected chi connectivity index (χ2v) is 6.38. The molecule has 0 spiro atoms. The van der Waals surface area contributed by atoms with Crippen molar-refractivity contribution in [3.05, 3.63) is 41.8 Å². The number of hydrogen-bond acceptors (Lipinski definition) is 4. The van der Waals surface area contributed by atoms with Gasteiger partial charge in [-0.05, 0) is 26.0 Å². The molecular formula is C19H23N3O3. The van der Waals surface area contributed by atoms with Gasteiger partial charge in [-0.2, -0.15) is 0 Å². The first-order valence-electron chi connectivity index (χ1n) is 8.63. The Morgan fingerprint density at radius 3 is 2.80 bits per heavy atom. The predicted molar refractivity (Wildman–Crippen MR) is 93.8 cm³/mol. The van der Waals surface area contributed by atoms with E-state index >= 15 is 0 Å². The highest BCUT2D eigenvalue weighted by molar-refractivity contribution is 5.89. The second-order valence-electron chi connectivity index (χ2n) is 6.38. The molecule has 1 atom stereocenters. The Balaban J connectivity index is 1.49. The SMILES string of the molecule is CCN1C[C@H](C(=O)NCCc2coc(-c3ccc(C)cc3)n2)CC1=O. The Labute approximate surface area is 147 Å². The number of amides is 2. The van der Waals surface area contributed by atoms with Crippen molar-refractivity contribution in [3.63, 3.8) is 0 Å². The number of aryl methyl sites for hydroxylation is 1. The first-order chi connectivity index (χ1) is 12.1. The molecule has 1 aliphatic heterocycles. The van der Waals surface area contributed by atoms with E-state index in [0.717, 1.165) is 11.3 Å². The molecular weight excluding hydrogens is 318 g/mol. The van der Waals surface area contributed by atoms with Crippen LogP contribution in [0.25, 0.3) is 11.5 Å². The molecule has 1 fully saturated rings. The Morgan fingerprint density at radius 2 is 2.12 bits per heavy atom. The number of nitrogens with one attached hydrogen (secondary N) is 1. The number of hydrogen-bond donors (Lipinski definition) is 1. The number of rotatable bonds is 6. The summed E-state index contributed by atoms with van der Waals surface area (Å²) in [6, 6.07) is 7.98. The summed E-state index contributed by atoms with van der Waals surface area (Å²) in [7, 11) is 0. The molecule has 1 saturated heterocycles. The van der Waals surface area contributed by atoms with Crippen LogP contribution in [-0.4, -0.2) is 41.3 Å². The molecule has 1 aromatic carbocycles. The Kier molecular flexibility index (Phi) is 5.16. The van der Waals surface area contributed by atoms with E-state index in [2.05, 4.69) is 10.3 Å². The van der Waals surface area contributed by atoms with Crippen LogP contribution < -0.4 is 5.32 Å². The smallest absolute Gasteiger partial charge is 0.226 e. The minimum atomic E-state index is -0.243. The van der Waals surface area contributed by atoms with E-state index in [-0.39, 0.29) is 17.7 Å². The molecule has 3 rings (SSSR count). The van der Waals surface area contributed by atoms with E-state index in [9.17, 15) is 9.59 Å². The van der Waals surface area contributed by atoms with E-state index < -0.39 is 0 Å². The second kappa shape index (κ2) is 7.51. The predicted octanol–water partition coefficient (Wildman–Crippen LogP) is 2.18. The van der Waals surface area contributed by atoms with Gasteiger partial charge >= 0.3 is 0 Å². The van der Waals surface area contributed by atoms with Gasteiger partial charge < -0.3 is 14.6 Å². The van der Waals surface area contributed by atoms with E-state index in [1.165, 1.54) is 5.56 Å². The summed E-state index contributed by atoms with van der Waals surface area (Å²) in [4.78, 5) is 30.0. The van der Waals surface area contributed by atoms with Crippen LogP contribution in [-0.2, 0) is 16.0 Å². The number of carbonyl (C=O) groups is 2. The molecule has 0 saturated carbocycles. The van der Waals surface area contributed by atoms with Crippen molar-refractivity contribution in [2.75, 3.05) is 19.6 Å². The molecule has 6 heteroatoms. The van der Waals surface area contributed by atoms with E-state index in [4.69, 9.17) is 4.42 Å². The van der Waals surface area contributed by atoms with Gasteiger partial charge in [0.1, 0.15) is 6.26 Å². The summed E-state index contributed by atoms with van der Waals surface area (Å²) in [5.41, 5.74) is 2.92. The van der Waals surface area contributed by atoms with Crippen molar-refractivity contribution in [3.8, 4) is 11.5 Å². The quantitative estimate of drug-likeness (QED) is 0.874. The zero-order valence-corrected chi connectivity index (χ0v) is 14.6. The minimum Gasteiger partial charge on any atom is -0.444 e. The molecule has 1 aromatic heterocycles. The molecule has 1 N–H and O–H groups in total. The maximum atomic E-state index is 12.2. The van der Waals surface area contributed by atoms with Crippen LogP contribution in [0.3, 0.4) is 0 Å². The first kappa shape index (κ1) is 17.2. The van der Waals surface area contributed by atoms with E-state index in [0.29, 0.717) is 38.4 Å². The fraction of sp³-hybridized carbons (Fsp3) is 0.421. The third-order valence-electron chi connectivity index (χ3n) is 4.50. The molecule has 1 aliphatic rings. The lowest BCUT2D eigenvalue weighted by Crippen LogP contribution is -2.34.